The van der Waals surface area contributed by atoms with E-state index in [9.17, 15) is 14.4 Å². The molecule has 0 aromatic heterocycles. The van der Waals surface area contributed by atoms with Gasteiger partial charge in [-0.15, -0.1) is 0 Å². The van der Waals surface area contributed by atoms with E-state index in [0.717, 1.165) is 12.8 Å². The molecule has 0 heterocycles. The molecule has 1 amide bonds. The zero-order valence-electron chi connectivity index (χ0n) is 14.0. The molecule has 1 aliphatic carbocycles. The fourth-order valence-corrected chi connectivity index (χ4v) is 2.94. The van der Waals surface area contributed by atoms with E-state index in [-0.39, 0.29) is 22.5 Å². The Morgan fingerprint density at radius 1 is 0.880 bits per heavy atom. The lowest BCUT2D eigenvalue weighted by Crippen LogP contribution is -2.34. The van der Waals surface area contributed by atoms with Gasteiger partial charge in [-0.1, -0.05) is 67.9 Å². The molecule has 25 heavy (non-hydrogen) atoms. The van der Waals surface area contributed by atoms with E-state index >= 15 is 0 Å². The van der Waals surface area contributed by atoms with Crippen LogP contribution in [-0.4, -0.2) is 24.0 Å². The van der Waals surface area contributed by atoms with E-state index in [1.54, 1.807) is 48.5 Å². The largest absolute Gasteiger partial charge is 0.352 e. The molecule has 4 heteroatoms. The highest BCUT2D eigenvalue weighted by Gasteiger charge is 2.36. The lowest BCUT2D eigenvalue weighted by Gasteiger charge is -2.21. The fraction of sp³-hybridized carbons (Fsp3) is 0.190. The van der Waals surface area contributed by atoms with Gasteiger partial charge in [0.25, 0.3) is 5.91 Å². The summed E-state index contributed by atoms with van der Waals surface area (Å²) in [6.07, 6.45) is 1.75. The molecule has 3 rings (SSSR count). The van der Waals surface area contributed by atoms with Gasteiger partial charge >= 0.3 is 0 Å². The monoisotopic (exact) mass is 333 g/mol. The molecule has 0 saturated heterocycles. The molecule has 0 radical (unpaired) electrons. The number of allylic oxidation sites excluding steroid dienone is 1. The summed E-state index contributed by atoms with van der Waals surface area (Å²) in [4.78, 5) is 38.6. The number of ketones is 2. The van der Waals surface area contributed by atoms with E-state index in [2.05, 4.69) is 5.32 Å². The van der Waals surface area contributed by atoms with E-state index in [4.69, 9.17) is 0 Å². The van der Waals surface area contributed by atoms with Crippen molar-refractivity contribution in [2.75, 3.05) is 6.54 Å². The van der Waals surface area contributed by atoms with Gasteiger partial charge in [0.15, 0.2) is 11.6 Å². The van der Waals surface area contributed by atoms with Crippen molar-refractivity contribution in [2.24, 2.45) is 0 Å². The molecule has 0 atom stereocenters. The van der Waals surface area contributed by atoms with Crippen molar-refractivity contribution in [3.05, 3.63) is 76.9 Å². The average Bonchev–Trinajstić information content (AvgIpc) is 2.65. The number of nitrogens with one attached hydrogen (secondary N) is 1. The van der Waals surface area contributed by atoms with E-state index < -0.39 is 11.7 Å². The van der Waals surface area contributed by atoms with Crippen molar-refractivity contribution < 1.29 is 14.4 Å². The van der Waals surface area contributed by atoms with Gasteiger partial charge in [0.2, 0.25) is 0 Å². The number of amides is 1. The highest BCUT2D eigenvalue weighted by molar-refractivity contribution is 6.47. The Kier molecular flexibility index (Phi) is 4.89. The first-order valence-corrected chi connectivity index (χ1v) is 8.41. The Morgan fingerprint density at radius 2 is 1.48 bits per heavy atom. The van der Waals surface area contributed by atoms with Crippen LogP contribution in [0.5, 0.6) is 0 Å². The smallest absolute Gasteiger partial charge is 0.256 e. The second kappa shape index (κ2) is 7.26. The van der Waals surface area contributed by atoms with Crippen LogP contribution < -0.4 is 5.32 Å². The first kappa shape index (κ1) is 16.8. The molecule has 0 unspecified atom stereocenters. The van der Waals surface area contributed by atoms with Gasteiger partial charge in [-0.25, -0.2) is 0 Å². The van der Waals surface area contributed by atoms with E-state index in [1.807, 2.05) is 13.0 Å². The molecule has 0 aliphatic heterocycles. The molecule has 4 nitrogen and oxygen atoms in total. The minimum Gasteiger partial charge on any atom is -0.352 e. The maximum Gasteiger partial charge on any atom is 0.256 e. The Balaban J connectivity index is 2.14. The topological polar surface area (TPSA) is 63.2 Å². The number of unbranched alkanes of at least 4 members (excludes halogenated alkanes) is 1. The lowest BCUT2D eigenvalue weighted by molar-refractivity contribution is -0.117. The third-order valence-electron chi connectivity index (χ3n) is 4.23. The van der Waals surface area contributed by atoms with Crippen LogP contribution in [0.4, 0.5) is 0 Å². The molecule has 126 valence electrons. The molecular weight excluding hydrogens is 314 g/mol. The van der Waals surface area contributed by atoms with Crippen molar-refractivity contribution in [1.29, 1.82) is 0 Å². The molecule has 2 aromatic rings. The second-order valence-corrected chi connectivity index (χ2v) is 5.93. The maximum atomic E-state index is 13.0. The molecule has 1 N–H and O–H groups in total. The van der Waals surface area contributed by atoms with Crippen LogP contribution in [0.25, 0.3) is 5.57 Å². The lowest BCUT2D eigenvalue weighted by atomic mass is 9.81. The summed E-state index contributed by atoms with van der Waals surface area (Å²) in [6.45, 7) is 2.50. The minimum atomic E-state index is -0.486. The summed E-state index contributed by atoms with van der Waals surface area (Å²) in [5.41, 5.74) is 1.32. The normalized spacial score (nSPS) is 13.6. The number of carbonyl (C=O) groups excluding carboxylic acids is 3. The Bertz CT molecular complexity index is 866. The quantitative estimate of drug-likeness (QED) is 0.673. The molecule has 2 aromatic carbocycles. The van der Waals surface area contributed by atoms with Crippen molar-refractivity contribution in [1.82, 2.24) is 5.32 Å². The number of benzene rings is 2. The van der Waals surface area contributed by atoms with Gasteiger partial charge in [0.05, 0.1) is 5.57 Å². The fourth-order valence-electron chi connectivity index (χ4n) is 2.94. The number of hydrogen-bond acceptors (Lipinski definition) is 3. The van der Waals surface area contributed by atoms with Crippen LogP contribution >= 0.6 is 0 Å². The first-order chi connectivity index (χ1) is 12.1. The van der Waals surface area contributed by atoms with Gasteiger partial charge in [-0.2, -0.15) is 0 Å². The molecule has 0 fully saturated rings. The molecule has 1 aliphatic rings. The number of fused-ring (bicyclic) bond motifs is 1. The van der Waals surface area contributed by atoms with Crippen molar-refractivity contribution in [3.8, 4) is 0 Å². The van der Waals surface area contributed by atoms with Gasteiger partial charge in [0, 0.05) is 23.2 Å². The zero-order chi connectivity index (χ0) is 17.8. The molecule has 0 saturated carbocycles. The highest BCUT2D eigenvalue weighted by atomic mass is 16.2. The number of hydrogen-bond donors (Lipinski definition) is 1. The summed E-state index contributed by atoms with van der Waals surface area (Å²) in [5, 5.41) is 2.76. The third kappa shape index (κ3) is 3.15. The number of Topliss-reactive ketones (excluding diaryl/α,β-unsaturated/α-hetero) is 2. The predicted octanol–water partition coefficient (Wildman–Crippen LogP) is 3.44. The van der Waals surface area contributed by atoms with Crippen LogP contribution in [0, 0.1) is 0 Å². The minimum absolute atomic E-state index is 0.0639. The summed E-state index contributed by atoms with van der Waals surface area (Å²) in [5.74, 6) is -1.18. The standard InChI is InChI=1S/C21H19NO3/c1-2-3-13-22-21(25)18-17(14-9-5-4-6-10-14)19(23)15-11-7-8-12-16(15)20(18)24/h4-12H,2-3,13H2,1H3,(H,22,25). The van der Waals surface area contributed by atoms with Gasteiger partial charge < -0.3 is 5.32 Å². The van der Waals surface area contributed by atoms with Crippen LogP contribution in [0.3, 0.4) is 0 Å². The molecular formula is C21H19NO3. The van der Waals surface area contributed by atoms with Gasteiger partial charge in [-0.05, 0) is 12.0 Å². The predicted molar refractivity (Wildman–Crippen MR) is 96.4 cm³/mol. The van der Waals surface area contributed by atoms with Gasteiger partial charge in [0.1, 0.15) is 0 Å². The van der Waals surface area contributed by atoms with Gasteiger partial charge in [-0.3, -0.25) is 14.4 Å². The van der Waals surface area contributed by atoms with Crippen LogP contribution in [0.2, 0.25) is 0 Å². The Labute approximate surface area is 146 Å². The number of carbonyl (C=O) groups is 3. The van der Waals surface area contributed by atoms with Crippen molar-refractivity contribution >= 4 is 23.0 Å². The Morgan fingerprint density at radius 3 is 2.12 bits per heavy atom. The van der Waals surface area contributed by atoms with E-state index in [1.165, 1.54) is 0 Å². The summed E-state index contributed by atoms with van der Waals surface area (Å²) >= 11 is 0. The summed E-state index contributed by atoms with van der Waals surface area (Å²) < 4.78 is 0. The van der Waals surface area contributed by atoms with Crippen molar-refractivity contribution in [2.45, 2.75) is 19.8 Å². The average molecular weight is 333 g/mol. The summed E-state index contributed by atoms with van der Waals surface area (Å²) in [6, 6.07) is 15.5. The Hall–Kier alpha value is -3.01. The van der Waals surface area contributed by atoms with E-state index in [0.29, 0.717) is 17.7 Å². The molecule has 0 spiro atoms. The first-order valence-electron chi connectivity index (χ1n) is 8.41. The second-order valence-electron chi connectivity index (χ2n) is 5.93. The number of rotatable bonds is 5. The molecule has 0 bridgehead atoms. The summed E-state index contributed by atoms with van der Waals surface area (Å²) in [7, 11) is 0. The maximum absolute atomic E-state index is 13.0. The van der Waals surface area contributed by atoms with Crippen LogP contribution in [-0.2, 0) is 4.79 Å². The third-order valence-corrected chi connectivity index (χ3v) is 4.23. The zero-order valence-corrected chi connectivity index (χ0v) is 14.0. The highest BCUT2D eigenvalue weighted by Crippen LogP contribution is 2.32. The van der Waals surface area contributed by atoms with Crippen molar-refractivity contribution in [3.63, 3.8) is 0 Å². The SMILES string of the molecule is CCCCNC(=O)C1=C(c2ccccc2)C(=O)c2ccccc2C1=O. The van der Waals surface area contributed by atoms with Crippen LogP contribution in [0.15, 0.2) is 60.2 Å². The van der Waals surface area contributed by atoms with Crippen LogP contribution in [0.1, 0.15) is 46.0 Å².